The monoisotopic (exact) mass is 190 g/mol. The van der Waals surface area contributed by atoms with Gasteiger partial charge in [0, 0.05) is 12.1 Å². The van der Waals surface area contributed by atoms with Gasteiger partial charge in [-0.05, 0) is 55.1 Å². The Morgan fingerprint density at radius 3 is 1.83 bits per heavy atom. The van der Waals surface area contributed by atoms with Gasteiger partial charge in [0.25, 0.3) is 0 Å². The zero-order valence-corrected chi connectivity index (χ0v) is 9.94. The predicted molar refractivity (Wildman–Crippen MR) is 58.9 cm³/mol. The number of hydrogen-bond acceptors (Lipinski definition) is 2. The molecular weight excluding hydrogens is 167 g/mol. The predicted octanol–water partition coefficient (Wildman–Crippen LogP) is 2.09. The Balaban J connectivity index is 4.09. The lowest BCUT2D eigenvalue weighted by atomic mass is 10.3. The molecule has 0 heterocycles. The molecule has 0 radical (unpaired) electrons. The second-order valence-electron chi connectivity index (χ2n) is 3.74. The van der Waals surface area contributed by atoms with Crippen LogP contribution in [0.5, 0.6) is 0 Å². The van der Waals surface area contributed by atoms with Gasteiger partial charge in [-0.2, -0.15) is 0 Å². The van der Waals surface area contributed by atoms with E-state index in [1.807, 2.05) is 0 Å². The molecule has 2 N–H and O–H groups in total. The van der Waals surface area contributed by atoms with Crippen LogP contribution in [0.15, 0.2) is 0 Å². The van der Waals surface area contributed by atoms with Crippen molar-refractivity contribution in [2.24, 2.45) is 5.73 Å². The lowest BCUT2D eigenvalue weighted by molar-refractivity contribution is 0.323. The van der Waals surface area contributed by atoms with E-state index in [4.69, 9.17) is 5.73 Å². The van der Waals surface area contributed by atoms with E-state index in [2.05, 4.69) is 39.0 Å². The normalized spacial score (nSPS) is 14.8. The molecule has 0 aliphatic carbocycles. The first-order chi connectivity index (χ1) is 5.50. The van der Waals surface area contributed by atoms with Crippen LogP contribution in [-0.2, 0) is 0 Å². The second-order valence-corrected chi connectivity index (χ2v) is 5.96. The largest absolute Gasteiger partial charge is 0.330 e. The van der Waals surface area contributed by atoms with E-state index < -0.39 is 0 Å². The Kier molecular flexibility index (Phi) is 6.08. The molecule has 0 aromatic rings. The molecule has 1 unspecified atom stereocenters. The van der Waals surface area contributed by atoms with Crippen molar-refractivity contribution in [2.45, 2.75) is 39.8 Å². The first-order valence-electron chi connectivity index (χ1n) is 4.70. The van der Waals surface area contributed by atoms with Crippen LogP contribution in [0, 0.1) is 0 Å². The minimum Gasteiger partial charge on any atom is -0.330 e. The van der Waals surface area contributed by atoms with E-state index in [9.17, 15) is 0 Å². The average molecular weight is 190 g/mol. The number of hydrogen-bond donors (Lipinski definition) is 1. The molecule has 0 amide bonds. The van der Waals surface area contributed by atoms with Crippen molar-refractivity contribution in [1.82, 2.24) is 4.67 Å². The molecular formula is C9H23N2P. The number of nitrogens with two attached hydrogens (primary N) is 1. The van der Waals surface area contributed by atoms with Crippen LogP contribution < -0.4 is 5.73 Å². The lowest BCUT2D eigenvalue weighted by Gasteiger charge is -2.36. The van der Waals surface area contributed by atoms with Gasteiger partial charge < -0.3 is 5.73 Å². The summed E-state index contributed by atoms with van der Waals surface area (Å²) in [4.78, 5) is 0. The van der Waals surface area contributed by atoms with Crippen molar-refractivity contribution in [2.75, 3.05) is 19.4 Å². The standard InChI is InChI=1S/C9H23N2P/c1-8(2)11(9(3)4)12(5)7-6-10/h8-9H,6-7,10H2,1-5H3. The maximum Gasteiger partial charge on any atom is 0.00802 e. The van der Waals surface area contributed by atoms with E-state index in [-0.39, 0.29) is 8.07 Å². The minimum absolute atomic E-state index is 0.0147. The highest BCUT2D eigenvalue weighted by Crippen LogP contribution is 2.38. The molecule has 0 aromatic heterocycles. The quantitative estimate of drug-likeness (QED) is 0.673. The minimum atomic E-state index is -0.0147. The first-order valence-corrected chi connectivity index (χ1v) is 6.62. The molecule has 0 saturated carbocycles. The molecule has 0 fully saturated rings. The van der Waals surface area contributed by atoms with Crippen LogP contribution >= 0.6 is 8.07 Å². The fourth-order valence-corrected chi connectivity index (χ4v) is 3.87. The maximum atomic E-state index is 5.56. The summed E-state index contributed by atoms with van der Waals surface area (Å²) >= 11 is 0. The molecule has 0 saturated heterocycles. The fourth-order valence-electron chi connectivity index (χ4n) is 1.69. The molecule has 0 aromatic carbocycles. The van der Waals surface area contributed by atoms with Crippen molar-refractivity contribution < 1.29 is 0 Å². The third-order valence-corrected chi connectivity index (χ3v) is 4.52. The zero-order chi connectivity index (χ0) is 9.72. The van der Waals surface area contributed by atoms with Crippen molar-refractivity contribution >= 4 is 8.07 Å². The smallest absolute Gasteiger partial charge is 0.00802 e. The molecule has 0 aliphatic rings. The van der Waals surface area contributed by atoms with Crippen LogP contribution in [-0.4, -0.2) is 36.1 Å². The lowest BCUT2D eigenvalue weighted by Crippen LogP contribution is -2.33. The second kappa shape index (κ2) is 5.90. The van der Waals surface area contributed by atoms with E-state index in [1.54, 1.807) is 0 Å². The molecule has 0 aliphatic heterocycles. The van der Waals surface area contributed by atoms with Crippen molar-refractivity contribution in [3.63, 3.8) is 0 Å². The average Bonchev–Trinajstić information content (AvgIpc) is 1.85. The summed E-state index contributed by atoms with van der Waals surface area (Å²) in [5.74, 6) is 0. The maximum absolute atomic E-state index is 5.56. The van der Waals surface area contributed by atoms with Gasteiger partial charge >= 0.3 is 0 Å². The van der Waals surface area contributed by atoms with Gasteiger partial charge in [0.1, 0.15) is 0 Å². The van der Waals surface area contributed by atoms with Crippen molar-refractivity contribution in [1.29, 1.82) is 0 Å². The Morgan fingerprint density at radius 2 is 1.58 bits per heavy atom. The summed E-state index contributed by atoms with van der Waals surface area (Å²) in [6.45, 7) is 12.2. The van der Waals surface area contributed by atoms with Gasteiger partial charge in [-0.25, -0.2) is 0 Å². The topological polar surface area (TPSA) is 29.3 Å². The highest BCUT2D eigenvalue weighted by molar-refractivity contribution is 7.54. The van der Waals surface area contributed by atoms with E-state index in [1.165, 1.54) is 0 Å². The summed E-state index contributed by atoms with van der Waals surface area (Å²) in [5.41, 5.74) is 5.56. The third-order valence-electron chi connectivity index (χ3n) is 1.91. The van der Waals surface area contributed by atoms with E-state index >= 15 is 0 Å². The van der Waals surface area contributed by atoms with Crippen LogP contribution in [0.25, 0.3) is 0 Å². The van der Waals surface area contributed by atoms with Gasteiger partial charge in [-0.3, -0.25) is 4.67 Å². The Hall–Kier alpha value is 0.350. The summed E-state index contributed by atoms with van der Waals surface area (Å²) < 4.78 is 2.57. The van der Waals surface area contributed by atoms with Gasteiger partial charge in [-0.1, -0.05) is 0 Å². The molecule has 0 bridgehead atoms. The highest BCUT2D eigenvalue weighted by atomic mass is 31.1. The van der Waals surface area contributed by atoms with E-state index in [0.29, 0.717) is 12.1 Å². The van der Waals surface area contributed by atoms with Crippen LogP contribution in [0.2, 0.25) is 0 Å². The number of rotatable bonds is 5. The molecule has 3 heteroatoms. The van der Waals surface area contributed by atoms with Gasteiger partial charge in [0.15, 0.2) is 0 Å². The summed E-state index contributed by atoms with van der Waals surface area (Å²) in [6, 6.07) is 1.29. The molecule has 0 rings (SSSR count). The van der Waals surface area contributed by atoms with Crippen molar-refractivity contribution in [3.05, 3.63) is 0 Å². The molecule has 0 spiro atoms. The Labute approximate surface area is 78.3 Å². The first kappa shape index (κ1) is 12.3. The summed E-state index contributed by atoms with van der Waals surface area (Å²) in [6.07, 6.45) is 1.16. The van der Waals surface area contributed by atoms with Crippen LogP contribution in [0.1, 0.15) is 27.7 Å². The van der Waals surface area contributed by atoms with Gasteiger partial charge in [-0.15, -0.1) is 0 Å². The molecule has 2 nitrogen and oxygen atoms in total. The van der Waals surface area contributed by atoms with Crippen LogP contribution in [0.4, 0.5) is 0 Å². The highest BCUT2D eigenvalue weighted by Gasteiger charge is 2.18. The fraction of sp³-hybridized carbons (Fsp3) is 1.00. The third kappa shape index (κ3) is 3.84. The summed E-state index contributed by atoms with van der Waals surface area (Å²) in [5, 5.41) is 0. The van der Waals surface area contributed by atoms with Gasteiger partial charge in [0.2, 0.25) is 0 Å². The van der Waals surface area contributed by atoms with Crippen LogP contribution in [0.3, 0.4) is 0 Å². The SMILES string of the molecule is CC(C)N(C(C)C)P(C)CCN. The Bertz CT molecular complexity index is 107. The van der Waals surface area contributed by atoms with Gasteiger partial charge in [0.05, 0.1) is 0 Å². The summed E-state index contributed by atoms with van der Waals surface area (Å²) in [7, 11) is -0.0147. The zero-order valence-electron chi connectivity index (χ0n) is 9.04. The molecule has 12 heavy (non-hydrogen) atoms. The van der Waals surface area contributed by atoms with E-state index in [0.717, 1.165) is 12.7 Å². The molecule has 74 valence electrons. The van der Waals surface area contributed by atoms with Crippen molar-refractivity contribution in [3.8, 4) is 0 Å². The molecule has 1 atom stereocenters. The Morgan fingerprint density at radius 1 is 1.17 bits per heavy atom. The number of nitrogens with zero attached hydrogens (tertiary/aromatic N) is 1.